The van der Waals surface area contributed by atoms with E-state index in [1.54, 1.807) is 36.4 Å². The largest absolute Gasteiger partial charge is 0.490 e. The topological polar surface area (TPSA) is 95.1 Å². The molecule has 0 spiro atoms. The number of carbonyl (C=O) groups is 1. The third-order valence-electron chi connectivity index (χ3n) is 3.08. The van der Waals surface area contributed by atoms with E-state index in [4.69, 9.17) is 20.0 Å². The number of anilines is 1. The molecule has 1 amide bonds. The predicted molar refractivity (Wildman–Crippen MR) is 95.3 cm³/mol. The van der Waals surface area contributed by atoms with Gasteiger partial charge in [-0.25, -0.2) is 0 Å². The highest BCUT2D eigenvalue weighted by atomic mass is 79.9. The lowest BCUT2D eigenvalue weighted by Crippen LogP contribution is -2.20. The van der Waals surface area contributed by atoms with Crippen molar-refractivity contribution in [3.05, 3.63) is 52.0 Å². The van der Waals surface area contributed by atoms with Crippen molar-refractivity contribution in [2.24, 2.45) is 0 Å². The zero-order valence-electron chi connectivity index (χ0n) is 13.4. The third-order valence-corrected chi connectivity index (χ3v) is 3.67. The Balaban J connectivity index is 2.06. The summed E-state index contributed by atoms with van der Waals surface area (Å²) in [5, 5.41) is 20.4. The Labute approximate surface area is 153 Å². The number of benzene rings is 2. The molecule has 0 unspecified atom stereocenters. The minimum absolute atomic E-state index is 0.232. The molecule has 126 valence electrons. The summed E-state index contributed by atoms with van der Waals surface area (Å²) in [5.41, 5.74) is 1.50. The zero-order valence-corrected chi connectivity index (χ0v) is 15.0. The van der Waals surface area contributed by atoms with Crippen molar-refractivity contribution < 1.29 is 14.3 Å². The van der Waals surface area contributed by atoms with Gasteiger partial charge in [0.05, 0.1) is 34.3 Å². The molecule has 7 heteroatoms. The molecule has 0 fully saturated rings. The molecule has 0 bridgehead atoms. The van der Waals surface area contributed by atoms with Crippen LogP contribution in [-0.2, 0) is 4.79 Å². The highest BCUT2D eigenvalue weighted by Crippen LogP contribution is 2.36. The number of hydrogen-bond donors (Lipinski definition) is 1. The number of carbonyl (C=O) groups excluding carboxylic acids is 1. The van der Waals surface area contributed by atoms with Crippen LogP contribution in [0.4, 0.5) is 5.69 Å². The van der Waals surface area contributed by atoms with Gasteiger partial charge >= 0.3 is 0 Å². The van der Waals surface area contributed by atoms with Gasteiger partial charge in [-0.15, -0.1) is 0 Å². The van der Waals surface area contributed by atoms with Crippen molar-refractivity contribution in [2.45, 2.75) is 6.92 Å². The van der Waals surface area contributed by atoms with Crippen LogP contribution in [-0.4, -0.2) is 19.1 Å². The number of ether oxygens (including phenoxy) is 2. The summed E-state index contributed by atoms with van der Waals surface area (Å²) in [6.45, 7) is 1.98. The van der Waals surface area contributed by atoms with Gasteiger partial charge in [-0.3, -0.25) is 4.79 Å². The lowest BCUT2D eigenvalue weighted by molar-refractivity contribution is -0.118. The summed E-state index contributed by atoms with van der Waals surface area (Å²) in [5.74, 6) is 0.388. The fraction of sp³-hybridized carbons (Fsp3) is 0.167. The highest BCUT2D eigenvalue weighted by Gasteiger charge is 2.14. The molecule has 0 aliphatic carbocycles. The van der Waals surface area contributed by atoms with Crippen LogP contribution in [0.5, 0.6) is 11.5 Å². The first kappa shape index (κ1) is 18.3. The van der Waals surface area contributed by atoms with Gasteiger partial charge in [-0.05, 0) is 53.2 Å². The third kappa shape index (κ3) is 4.97. The first-order valence-corrected chi connectivity index (χ1v) is 8.16. The highest BCUT2D eigenvalue weighted by molar-refractivity contribution is 9.10. The van der Waals surface area contributed by atoms with Crippen molar-refractivity contribution in [3.8, 4) is 23.6 Å². The Bertz CT molecular complexity index is 852. The van der Waals surface area contributed by atoms with Gasteiger partial charge in [-0.1, -0.05) is 0 Å². The first-order chi connectivity index (χ1) is 12.1. The number of rotatable bonds is 6. The maximum Gasteiger partial charge on any atom is 0.262 e. The monoisotopic (exact) mass is 399 g/mol. The van der Waals surface area contributed by atoms with Gasteiger partial charge in [0, 0.05) is 11.8 Å². The summed E-state index contributed by atoms with van der Waals surface area (Å²) in [7, 11) is 0. The second-order valence-corrected chi connectivity index (χ2v) is 5.71. The van der Waals surface area contributed by atoms with Crippen molar-refractivity contribution in [3.63, 3.8) is 0 Å². The van der Waals surface area contributed by atoms with E-state index >= 15 is 0 Å². The Hall–Kier alpha value is -3.03. The number of amides is 1. The van der Waals surface area contributed by atoms with Gasteiger partial charge in [-0.2, -0.15) is 10.5 Å². The molecular formula is C18H14BrN3O3. The average molecular weight is 400 g/mol. The second-order valence-electron chi connectivity index (χ2n) is 4.86. The van der Waals surface area contributed by atoms with E-state index in [1.165, 1.54) is 0 Å². The number of halogens is 1. The van der Waals surface area contributed by atoms with E-state index in [1.807, 2.05) is 19.1 Å². The molecule has 25 heavy (non-hydrogen) atoms. The standard InChI is InChI=1S/C18H14BrN3O3/c1-2-24-16-8-13(10-21)7-15(19)18(16)25-11-17(23)22-14-5-3-12(9-20)4-6-14/h3-8H,2,11H2,1H3,(H,22,23). The van der Waals surface area contributed by atoms with E-state index in [0.29, 0.717) is 39.4 Å². The number of nitrogens with one attached hydrogen (secondary N) is 1. The van der Waals surface area contributed by atoms with E-state index < -0.39 is 0 Å². The van der Waals surface area contributed by atoms with Crippen LogP contribution in [0.25, 0.3) is 0 Å². The molecule has 2 aromatic rings. The summed E-state index contributed by atoms with van der Waals surface area (Å²) in [6, 6.07) is 13.7. The molecule has 0 aromatic heterocycles. The van der Waals surface area contributed by atoms with Crippen LogP contribution in [0.2, 0.25) is 0 Å². The van der Waals surface area contributed by atoms with Gasteiger partial charge in [0.15, 0.2) is 18.1 Å². The molecule has 2 rings (SSSR count). The lowest BCUT2D eigenvalue weighted by atomic mass is 10.2. The van der Waals surface area contributed by atoms with E-state index in [0.717, 1.165) is 0 Å². The molecule has 6 nitrogen and oxygen atoms in total. The summed E-state index contributed by atoms with van der Waals surface area (Å²) in [4.78, 5) is 12.0. The minimum atomic E-state index is -0.358. The lowest BCUT2D eigenvalue weighted by Gasteiger charge is -2.14. The number of nitriles is 2. The Morgan fingerprint density at radius 2 is 1.80 bits per heavy atom. The normalized spacial score (nSPS) is 9.60. The second kappa shape index (κ2) is 8.72. The SMILES string of the molecule is CCOc1cc(C#N)cc(Br)c1OCC(=O)Nc1ccc(C#N)cc1. The van der Waals surface area contributed by atoms with Crippen LogP contribution < -0.4 is 14.8 Å². The van der Waals surface area contributed by atoms with Gasteiger partial charge < -0.3 is 14.8 Å². The molecule has 0 atom stereocenters. The predicted octanol–water partition coefficient (Wildman–Crippen LogP) is 3.61. The Morgan fingerprint density at radius 1 is 1.12 bits per heavy atom. The van der Waals surface area contributed by atoms with Crippen LogP contribution in [0, 0.1) is 22.7 Å². The molecule has 0 radical (unpaired) electrons. The number of hydrogen-bond acceptors (Lipinski definition) is 5. The number of nitrogens with zero attached hydrogens (tertiary/aromatic N) is 2. The maximum absolute atomic E-state index is 12.0. The van der Waals surface area contributed by atoms with Crippen LogP contribution >= 0.6 is 15.9 Å². The Kier molecular flexibility index (Phi) is 6.39. The molecule has 0 saturated carbocycles. The quantitative estimate of drug-likeness (QED) is 0.800. The Morgan fingerprint density at radius 3 is 2.40 bits per heavy atom. The van der Waals surface area contributed by atoms with Crippen molar-refractivity contribution in [2.75, 3.05) is 18.5 Å². The smallest absolute Gasteiger partial charge is 0.262 e. The molecule has 2 aromatic carbocycles. The van der Waals surface area contributed by atoms with Gasteiger partial charge in [0.1, 0.15) is 0 Å². The first-order valence-electron chi connectivity index (χ1n) is 7.36. The zero-order chi connectivity index (χ0) is 18.2. The molecule has 1 N–H and O–H groups in total. The fourth-order valence-corrected chi connectivity index (χ4v) is 2.55. The molecule has 0 saturated heterocycles. The summed E-state index contributed by atoms with van der Waals surface area (Å²) in [6.07, 6.45) is 0. The molecule has 0 aliphatic heterocycles. The summed E-state index contributed by atoms with van der Waals surface area (Å²) < 4.78 is 11.6. The van der Waals surface area contributed by atoms with Crippen molar-refractivity contribution >= 4 is 27.5 Å². The molecule has 0 aliphatic rings. The van der Waals surface area contributed by atoms with Crippen LogP contribution in [0.3, 0.4) is 0 Å². The fourth-order valence-electron chi connectivity index (χ4n) is 2.00. The molecular weight excluding hydrogens is 386 g/mol. The molecule has 0 heterocycles. The van der Waals surface area contributed by atoms with E-state index in [9.17, 15) is 4.79 Å². The van der Waals surface area contributed by atoms with Crippen LogP contribution in [0.15, 0.2) is 40.9 Å². The van der Waals surface area contributed by atoms with Gasteiger partial charge in [0.25, 0.3) is 5.91 Å². The van der Waals surface area contributed by atoms with Crippen molar-refractivity contribution in [1.29, 1.82) is 10.5 Å². The van der Waals surface area contributed by atoms with Crippen LogP contribution in [0.1, 0.15) is 18.1 Å². The van der Waals surface area contributed by atoms with Crippen molar-refractivity contribution in [1.82, 2.24) is 0 Å². The minimum Gasteiger partial charge on any atom is -0.490 e. The average Bonchev–Trinajstić information content (AvgIpc) is 2.61. The van der Waals surface area contributed by atoms with E-state index in [-0.39, 0.29) is 12.5 Å². The van der Waals surface area contributed by atoms with Gasteiger partial charge in [0.2, 0.25) is 0 Å². The summed E-state index contributed by atoms with van der Waals surface area (Å²) >= 11 is 3.32. The maximum atomic E-state index is 12.0. The van der Waals surface area contributed by atoms with E-state index in [2.05, 4.69) is 21.2 Å².